The molecule has 0 spiro atoms. The van der Waals surface area contributed by atoms with Gasteiger partial charge in [0.15, 0.2) is 0 Å². The quantitative estimate of drug-likeness (QED) is 0.837. The molecule has 2 heterocycles. The molecule has 3 rings (SSSR count). The summed E-state index contributed by atoms with van der Waals surface area (Å²) in [7, 11) is -0.998. The van der Waals surface area contributed by atoms with Crippen LogP contribution in [0, 0.1) is 0 Å². The maximum Gasteiger partial charge on any atom is 0.146 e. The predicted octanol–water partition coefficient (Wildman–Crippen LogP) is 0.640. The Morgan fingerprint density at radius 3 is 2.83 bits per heavy atom. The molecule has 1 aliphatic heterocycles. The third-order valence-corrected chi connectivity index (χ3v) is 5.05. The molecule has 0 saturated heterocycles. The van der Waals surface area contributed by atoms with Crippen molar-refractivity contribution in [1.82, 2.24) is 9.97 Å². The monoisotopic (exact) mass is 267 g/mol. The van der Waals surface area contributed by atoms with E-state index in [1.807, 2.05) is 6.92 Å². The third-order valence-electron chi connectivity index (χ3n) is 3.59. The van der Waals surface area contributed by atoms with Gasteiger partial charge in [0.25, 0.3) is 0 Å². The summed E-state index contributed by atoms with van der Waals surface area (Å²) in [6, 6.07) is 0. The van der Waals surface area contributed by atoms with E-state index in [0.29, 0.717) is 11.6 Å². The van der Waals surface area contributed by atoms with Crippen LogP contribution in [-0.2, 0) is 23.6 Å². The van der Waals surface area contributed by atoms with Crippen LogP contribution in [0.5, 0.6) is 0 Å². The Labute approximate surface area is 108 Å². The molecular formula is C12H17N3O2S. The second kappa shape index (κ2) is 4.28. The highest BCUT2D eigenvalue weighted by molar-refractivity contribution is 7.85. The van der Waals surface area contributed by atoms with Crippen molar-refractivity contribution in [2.45, 2.75) is 43.0 Å². The minimum absolute atomic E-state index is 0.0971. The van der Waals surface area contributed by atoms with Crippen molar-refractivity contribution in [3.05, 3.63) is 11.5 Å². The fourth-order valence-corrected chi connectivity index (χ4v) is 3.52. The second-order valence-electron chi connectivity index (χ2n) is 4.98. The standard InChI is InChI=1S/C12H17N3O2S/c1-2-9-13-8-3-6-18(17)10(8)11(14-9)15-12(7-16)4-5-12/h16H,2-7H2,1H3,(H,13,14,15). The van der Waals surface area contributed by atoms with Gasteiger partial charge in [-0.25, -0.2) is 9.97 Å². The van der Waals surface area contributed by atoms with E-state index in [1.54, 1.807) is 0 Å². The van der Waals surface area contributed by atoms with Crippen LogP contribution < -0.4 is 5.32 Å². The average molecular weight is 267 g/mol. The number of nitrogens with one attached hydrogen (secondary N) is 1. The van der Waals surface area contributed by atoms with Crippen LogP contribution in [0.1, 0.15) is 31.3 Å². The molecule has 18 heavy (non-hydrogen) atoms. The number of aromatic nitrogens is 2. The van der Waals surface area contributed by atoms with E-state index in [9.17, 15) is 9.32 Å². The van der Waals surface area contributed by atoms with Crippen molar-refractivity contribution in [3.8, 4) is 0 Å². The Hall–Kier alpha value is -1.01. The number of aliphatic hydroxyl groups excluding tert-OH is 1. The molecule has 0 amide bonds. The number of rotatable bonds is 4. The summed E-state index contributed by atoms with van der Waals surface area (Å²) >= 11 is 0. The molecule has 1 aromatic heterocycles. The van der Waals surface area contributed by atoms with Gasteiger partial charge in [0.05, 0.1) is 28.6 Å². The number of aliphatic hydroxyl groups is 1. The first-order valence-electron chi connectivity index (χ1n) is 6.34. The molecule has 2 N–H and O–H groups in total. The third kappa shape index (κ3) is 1.93. The van der Waals surface area contributed by atoms with Crippen molar-refractivity contribution in [3.63, 3.8) is 0 Å². The fraction of sp³-hybridized carbons (Fsp3) is 0.667. The number of fused-ring (bicyclic) bond motifs is 1. The first-order valence-corrected chi connectivity index (χ1v) is 7.66. The Balaban J connectivity index is 2.01. The number of nitrogens with zero attached hydrogens (tertiary/aromatic N) is 2. The smallest absolute Gasteiger partial charge is 0.146 e. The molecule has 1 saturated carbocycles. The Morgan fingerprint density at radius 2 is 2.22 bits per heavy atom. The van der Waals surface area contributed by atoms with Crippen LogP contribution in [0.4, 0.5) is 5.82 Å². The number of anilines is 1. The van der Waals surface area contributed by atoms with E-state index in [4.69, 9.17) is 0 Å². The van der Waals surface area contributed by atoms with Gasteiger partial charge in [-0.2, -0.15) is 0 Å². The molecule has 0 bridgehead atoms. The summed E-state index contributed by atoms with van der Waals surface area (Å²) in [6.07, 6.45) is 3.41. The molecule has 0 radical (unpaired) electrons. The summed E-state index contributed by atoms with van der Waals surface area (Å²) in [5, 5.41) is 12.7. The summed E-state index contributed by atoms with van der Waals surface area (Å²) in [5.74, 6) is 2.10. The average Bonchev–Trinajstić information content (AvgIpc) is 3.06. The SMILES string of the molecule is CCc1nc2c(c(NC3(CO)CC3)n1)S(=O)CC2. The van der Waals surface area contributed by atoms with Gasteiger partial charge in [0, 0.05) is 18.6 Å². The van der Waals surface area contributed by atoms with E-state index in [-0.39, 0.29) is 12.1 Å². The van der Waals surface area contributed by atoms with E-state index in [0.717, 1.165) is 42.1 Å². The first kappa shape index (κ1) is 12.0. The molecule has 2 aliphatic rings. The van der Waals surface area contributed by atoms with E-state index >= 15 is 0 Å². The lowest BCUT2D eigenvalue weighted by Crippen LogP contribution is -2.27. The summed E-state index contributed by atoms with van der Waals surface area (Å²) < 4.78 is 12.0. The van der Waals surface area contributed by atoms with Gasteiger partial charge >= 0.3 is 0 Å². The molecule has 98 valence electrons. The van der Waals surface area contributed by atoms with E-state index in [2.05, 4.69) is 15.3 Å². The van der Waals surface area contributed by atoms with Gasteiger partial charge < -0.3 is 10.4 Å². The number of aryl methyl sites for hydroxylation is 2. The van der Waals surface area contributed by atoms with Crippen LogP contribution in [-0.4, -0.2) is 37.2 Å². The van der Waals surface area contributed by atoms with Crippen LogP contribution in [0.25, 0.3) is 0 Å². The molecule has 1 aromatic rings. The van der Waals surface area contributed by atoms with Crippen LogP contribution >= 0.6 is 0 Å². The Morgan fingerprint density at radius 1 is 1.44 bits per heavy atom. The van der Waals surface area contributed by atoms with Crippen LogP contribution in [0.3, 0.4) is 0 Å². The van der Waals surface area contributed by atoms with Crippen molar-refractivity contribution in [2.75, 3.05) is 17.7 Å². The largest absolute Gasteiger partial charge is 0.394 e. The van der Waals surface area contributed by atoms with Gasteiger partial charge in [0.1, 0.15) is 16.5 Å². The lowest BCUT2D eigenvalue weighted by atomic mass is 10.2. The molecule has 0 aromatic carbocycles. The van der Waals surface area contributed by atoms with E-state index in [1.165, 1.54) is 0 Å². The highest BCUT2D eigenvalue weighted by atomic mass is 32.2. The van der Waals surface area contributed by atoms with E-state index < -0.39 is 10.8 Å². The van der Waals surface area contributed by atoms with Gasteiger partial charge in [-0.1, -0.05) is 6.92 Å². The fourth-order valence-electron chi connectivity index (χ4n) is 2.22. The van der Waals surface area contributed by atoms with Gasteiger partial charge in [-0.15, -0.1) is 0 Å². The van der Waals surface area contributed by atoms with Crippen LogP contribution in [0.2, 0.25) is 0 Å². The summed E-state index contributed by atoms with van der Waals surface area (Å²) in [5.41, 5.74) is 0.677. The molecule has 1 unspecified atom stereocenters. The maximum atomic E-state index is 12.0. The first-order chi connectivity index (χ1) is 8.67. The highest BCUT2D eigenvalue weighted by Gasteiger charge is 2.43. The minimum Gasteiger partial charge on any atom is -0.394 e. The Bertz CT molecular complexity index is 514. The maximum absolute atomic E-state index is 12.0. The summed E-state index contributed by atoms with van der Waals surface area (Å²) in [6.45, 7) is 2.11. The van der Waals surface area contributed by atoms with Crippen molar-refractivity contribution in [2.24, 2.45) is 0 Å². The normalized spacial score (nSPS) is 23.8. The van der Waals surface area contributed by atoms with Gasteiger partial charge in [0.2, 0.25) is 0 Å². The lowest BCUT2D eigenvalue weighted by Gasteiger charge is -2.17. The van der Waals surface area contributed by atoms with Crippen molar-refractivity contribution in [1.29, 1.82) is 0 Å². The molecule has 1 atom stereocenters. The van der Waals surface area contributed by atoms with Gasteiger partial charge in [-0.3, -0.25) is 4.21 Å². The van der Waals surface area contributed by atoms with Gasteiger partial charge in [-0.05, 0) is 12.8 Å². The molecule has 1 aliphatic carbocycles. The molecule has 6 heteroatoms. The molecule has 1 fully saturated rings. The lowest BCUT2D eigenvalue weighted by molar-refractivity contribution is 0.265. The highest BCUT2D eigenvalue weighted by Crippen LogP contribution is 2.40. The topological polar surface area (TPSA) is 75.1 Å². The molecular weight excluding hydrogens is 250 g/mol. The van der Waals surface area contributed by atoms with Crippen molar-refractivity contribution >= 4 is 16.6 Å². The van der Waals surface area contributed by atoms with Crippen molar-refractivity contribution < 1.29 is 9.32 Å². The Kier molecular flexibility index (Phi) is 2.86. The van der Waals surface area contributed by atoms with Crippen LogP contribution in [0.15, 0.2) is 4.90 Å². The summed E-state index contributed by atoms with van der Waals surface area (Å²) in [4.78, 5) is 9.67. The minimum atomic E-state index is -0.998. The zero-order valence-electron chi connectivity index (χ0n) is 10.4. The number of hydrogen-bond donors (Lipinski definition) is 2. The predicted molar refractivity (Wildman–Crippen MR) is 69.1 cm³/mol. The molecule has 5 nitrogen and oxygen atoms in total. The number of hydrogen-bond acceptors (Lipinski definition) is 5. The zero-order valence-corrected chi connectivity index (χ0v) is 11.2. The zero-order chi connectivity index (χ0) is 12.8. The second-order valence-corrected chi connectivity index (χ2v) is 6.49.